The summed E-state index contributed by atoms with van der Waals surface area (Å²) in [5, 5.41) is 18.4. The molecule has 0 heterocycles. The molecule has 5 heteroatoms. The first-order valence-corrected chi connectivity index (χ1v) is 3.04. The van der Waals surface area contributed by atoms with Crippen molar-refractivity contribution in [3.05, 3.63) is 34.5 Å². The van der Waals surface area contributed by atoms with Gasteiger partial charge >= 0.3 is 0 Å². The number of hydrogen-bond acceptors (Lipinski definition) is 2. The zero-order valence-corrected chi connectivity index (χ0v) is 5.84. The van der Waals surface area contributed by atoms with Crippen molar-refractivity contribution in [3.8, 4) is 6.07 Å². The molecule has 0 unspecified atom stereocenters. The van der Waals surface area contributed by atoms with E-state index in [1.54, 1.807) is 0 Å². The van der Waals surface area contributed by atoms with E-state index in [0.29, 0.717) is 0 Å². The van der Waals surface area contributed by atoms with Gasteiger partial charge in [0.25, 0.3) is 0 Å². The molecular formula is C7H4F2N2O. The van der Waals surface area contributed by atoms with Gasteiger partial charge in [-0.15, -0.1) is 0 Å². The lowest BCUT2D eigenvalue weighted by Gasteiger charge is -2.04. The number of halogens is 2. The average molecular weight is 170 g/mol. The molecule has 2 N–H and O–H groups in total. The molecule has 1 aromatic rings. The van der Waals surface area contributed by atoms with Crippen LogP contribution in [0.5, 0.6) is 0 Å². The minimum Gasteiger partial charge on any atom is -0.630 e. The molecule has 1 rings (SSSR count). The van der Waals surface area contributed by atoms with Crippen molar-refractivity contribution < 1.29 is 14.3 Å². The second-order valence-electron chi connectivity index (χ2n) is 2.05. The molecular weight excluding hydrogens is 166 g/mol. The first-order valence-electron chi connectivity index (χ1n) is 3.04. The summed E-state index contributed by atoms with van der Waals surface area (Å²) < 4.78 is 25.4. The molecule has 0 spiro atoms. The van der Waals surface area contributed by atoms with E-state index in [4.69, 9.17) is 5.26 Å². The maximum Gasteiger partial charge on any atom is 0.204 e. The SMILES string of the molecule is N#Cc1ccc(F)c([NH2+][O-])c1F. The van der Waals surface area contributed by atoms with Crippen molar-refractivity contribution in [3.63, 3.8) is 0 Å². The van der Waals surface area contributed by atoms with E-state index >= 15 is 0 Å². The molecule has 0 fully saturated rings. The fourth-order valence-corrected chi connectivity index (χ4v) is 0.764. The van der Waals surface area contributed by atoms with Gasteiger partial charge in [-0.1, -0.05) is 0 Å². The molecule has 3 nitrogen and oxygen atoms in total. The fourth-order valence-electron chi connectivity index (χ4n) is 0.764. The number of quaternary nitrogens is 1. The maximum atomic E-state index is 12.8. The van der Waals surface area contributed by atoms with Gasteiger partial charge in [0.15, 0.2) is 5.82 Å². The van der Waals surface area contributed by atoms with Crippen LogP contribution in [0.2, 0.25) is 0 Å². The molecule has 0 bridgehead atoms. The Balaban J connectivity index is 3.36. The lowest BCUT2D eigenvalue weighted by atomic mass is 10.2. The Hall–Kier alpha value is -1.51. The van der Waals surface area contributed by atoms with E-state index in [-0.39, 0.29) is 11.0 Å². The maximum absolute atomic E-state index is 12.8. The lowest BCUT2D eigenvalue weighted by molar-refractivity contribution is -0.501. The molecule has 62 valence electrons. The van der Waals surface area contributed by atoms with Gasteiger partial charge < -0.3 is 10.7 Å². The minimum absolute atomic E-state index is 0.0471. The summed E-state index contributed by atoms with van der Waals surface area (Å²) in [4.78, 5) is 0. The van der Waals surface area contributed by atoms with Crippen LogP contribution in [0, 0.1) is 28.2 Å². The second kappa shape index (κ2) is 3.26. The van der Waals surface area contributed by atoms with Crippen molar-refractivity contribution in [2.45, 2.75) is 0 Å². The van der Waals surface area contributed by atoms with Gasteiger partial charge in [0, 0.05) is 0 Å². The summed E-state index contributed by atoms with van der Waals surface area (Å²) in [6, 6.07) is 3.36. The van der Waals surface area contributed by atoms with Gasteiger partial charge in [-0.3, -0.25) is 0 Å². The summed E-state index contributed by atoms with van der Waals surface area (Å²) in [6.07, 6.45) is 0. The van der Waals surface area contributed by atoms with E-state index in [0.717, 1.165) is 12.1 Å². The normalized spacial score (nSPS) is 9.50. The standard InChI is InChI=1S/C7H4F2N2O/c8-5-2-1-4(3-10)6(9)7(5)11-12/h1-2H,11H2. The summed E-state index contributed by atoms with van der Waals surface area (Å²) >= 11 is 0. The largest absolute Gasteiger partial charge is 0.630 e. The van der Waals surface area contributed by atoms with Crippen LogP contribution in [0.1, 0.15) is 5.56 Å². The fraction of sp³-hybridized carbons (Fsp3) is 0. The van der Waals surface area contributed by atoms with Crippen LogP contribution in [0.15, 0.2) is 12.1 Å². The smallest absolute Gasteiger partial charge is 0.204 e. The zero-order chi connectivity index (χ0) is 9.14. The van der Waals surface area contributed by atoms with Crippen LogP contribution in [-0.2, 0) is 0 Å². The molecule has 0 radical (unpaired) electrons. The van der Waals surface area contributed by atoms with Crippen LogP contribution in [-0.4, -0.2) is 0 Å². The third kappa shape index (κ3) is 1.25. The van der Waals surface area contributed by atoms with Crippen LogP contribution in [0.4, 0.5) is 14.5 Å². The van der Waals surface area contributed by atoms with Crippen molar-refractivity contribution in [2.75, 3.05) is 0 Å². The van der Waals surface area contributed by atoms with Crippen molar-refractivity contribution >= 4 is 5.69 Å². The van der Waals surface area contributed by atoms with Gasteiger partial charge in [0.2, 0.25) is 11.5 Å². The Morgan fingerprint density at radius 1 is 1.42 bits per heavy atom. The van der Waals surface area contributed by atoms with E-state index in [9.17, 15) is 14.0 Å². The molecule has 1 aromatic carbocycles. The first-order chi connectivity index (χ1) is 5.70. The van der Waals surface area contributed by atoms with Crippen LogP contribution < -0.4 is 5.48 Å². The van der Waals surface area contributed by atoms with Crippen molar-refractivity contribution in [1.82, 2.24) is 0 Å². The van der Waals surface area contributed by atoms with E-state index < -0.39 is 17.3 Å². The molecule has 0 aromatic heterocycles. The van der Waals surface area contributed by atoms with Crippen LogP contribution >= 0.6 is 0 Å². The number of benzene rings is 1. The van der Waals surface area contributed by atoms with E-state index in [1.807, 2.05) is 0 Å². The van der Waals surface area contributed by atoms with Crippen LogP contribution in [0.25, 0.3) is 0 Å². The summed E-state index contributed by atoms with van der Waals surface area (Å²) in [5.41, 5.74) is -0.988. The molecule has 0 aliphatic heterocycles. The van der Waals surface area contributed by atoms with Gasteiger partial charge in [-0.05, 0) is 12.1 Å². The molecule has 0 saturated heterocycles. The van der Waals surface area contributed by atoms with Gasteiger partial charge in [0.1, 0.15) is 6.07 Å². The van der Waals surface area contributed by atoms with Crippen molar-refractivity contribution in [2.24, 2.45) is 0 Å². The van der Waals surface area contributed by atoms with E-state index in [1.165, 1.54) is 6.07 Å². The monoisotopic (exact) mass is 170 g/mol. The third-order valence-electron chi connectivity index (χ3n) is 1.36. The van der Waals surface area contributed by atoms with Crippen molar-refractivity contribution in [1.29, 1.82) is 5.26 Å². The average Bonchev–Trinajstić information content (AvgIpc) is 2.06. The molecule has 0 amide bonds. The predicted octanol–water partition coefficient (Wildman–Crippen LogP) is 0.529. The summed E-state index contributed by atoms with van der Waals surface area (Å²) in [5.74, 6) is -2.06. The number of hydrogen-bond donors (Lipinski definition) is 1. The lowest BCUT2D eigenvalue weighted by Crippen LogP contribution is -2.71. The molecule has 0 aliphatic carbocycles. The zero-order valence-electron chi connectivity index (χ0n) is 5.84. The molecule has 12 heavy (non-hydrogen) atoms. The molecule has 0 saturated carbocycles. The summed E-state index contributed by atoms with van der Waals surface area (Å²) in [7, 11) is 0. The molecule has 0 atom stereocenters. The minimum atomic E-state index is -1.10. The van der Waals surface area contributed by atoms with Gasteiger partial charge in [-0.25, -0.2) is 4.39 Å². The first kappa shape index (κ1) is 8.59. The number of nitrogens with two attached hydrogens (primary N) is 1. The Labute approximate surface area is 66.8 Å². The highest BCUT2D eigenvalue weighted by Crippen LogP contribution is 2.16. The number of nitrogens with zero attached hydrogens (tertiary/aromatic N) is 1. The second-order valence-corrected chi connectivity index (χ2v) is 2.05. The highest BCUT2D eigenvalue weighted by atomic mass is 19.1. The van der Waals surface area contributed by atoms with Gasteiger partial charge in [0.05, 0.1) is 5.56 Å². The summed E-state index contributed by atoms with van der Waals surface area (Å²) in [6.45, 7) is 0. The highest BCUT2D eigenvalue weighted by molar-refractivity contribution is 5.43. The Morgan fingerprint density at radius 3 is 2.58 bits per heavy atom. The quantitative estimate of drug-likeness (QED) is 0.493. The number of rotatable bonds is 1. The van der Waals surface area contributed by atoms with Gasteiger partial charge in [-0.2, -0.15) is 9.65 Å². The topological polar surface area (TPSA) is 63.5 Å². The Kier molecular flexibility index (Phi) is 2.33. The predicted molar refractivity (Wildman–Crippen MR) is 36.0 cm³/mol. The third-order valence-corrected chi connectivity index (χ3v) is 1.36. The molecule has 0 aliphatic rings. The van der Waals surface area contributed by atoms with Crippen LogP contribution in [0.3, 0.4) is 0 Å². The highest BCUT2D eigenvalue weighted by Gasteiger charge is 2.14. The van der Waals surface area contributed by atoms with E-state index in [2.05, 4.69) is 0 Å². The Morgan fingerprint density at radius 2 is 2.08 bits per heavy atom. The Bertz CT molecular complexity index is 346. The number of nitriles is 1.